The Labute approximate surface area is 130 Å². The van der Waals surface area contributed by atoms with E-state index in [2.05, 4.69) is 25.2 Å². The Kier molecular flexibility index (Phi) is 6.76. The van der Waals surface area contributed by atoms with Crippen molar-refractivity contribution in [1.29, 1.82) is 0 Å². The van der Waals surface area contributed by atoms with E-state index in [9.17, 15) is 8.42 Å². The Balaban J connectivity index is 0.00000220. The Hall–Kier alpha value is -1.48. The molecule has 2 rings (SSSR count). The smallest absolute Gasteiger partial charge is 0.208 e. The Morgan fingerprint density at radius 3 is 2.76 bits per heavy atom. The van der Waals surface area contributed by atoms with Crippen LogP contribution in [0.5, 0.6) is 0 Å². The summed E-state index contributed by atoms with van der Waals surface area (Å²) in [6, 6.07) is 3.82. The number of rotatable bonds is 7. The Morgan fingerprint density at radius 2 is 2.10 bits per heavy atom. The third-order valence-electron chi connectivity index (χ3n) is 2.65. The summed E-state index contributed by atoms with van der Waals surface area (Å²) in [5, 5.41) is 10.1. The van der Waals surface area contributed by atoms with Gasteiger partial charge < -0.3 is 5.32 Å². The zero-order valence-electron chi connectivity index (χ0n) is 11.5. The van der Waals surface area contributed by atoms with Crippen molar-refractivity contribution in [3.05, 3.63) is 36.3 Å². The monoisotopic (exact) mass is 331 g/mol. The van der Waals surface area contributed by atoms with Gasteiger partial charge in [-0.1, -0.05) is 0 Å². The number of aromatic amines is 1. The van der Waals surface area contributed by atoms with Crippen LogP contribution in [0, 0.1) is 0 Å². The highest BCUT2D eigenvalue weighted by Crippen LogP contribution is 2.19. The van der Waals surface area contributed by atoms with E-state index in [0.29, 0.717) is 19.6 Å². The maximum atomic E-state index is 10.9. The van der Waals surface area contributed by atoms with E-state index in [4.69, 9.17) is 0 Å². The number of nitrogens with one attached hydrogen (secondary N) is 3. The van der Waals surface area contributed by atoms with Gasteiger partial charge in [0.15, 0.2) is 0 Å². The van der Waals surface area contributed by atoms with Gasteiger partial charge in [-0.2, -0.15) is 5.10 Å². The second kappa shape index (κ2) is 8.08. The SMILES string of the molecule is CS(=O)(=O)NCCNCc1cn[nH]c1-c1cccnc1.Cl. The van der Waals surface area contributed by atoms with Gasteiger partial charge in [0.2, 0.25) is 10.0 Å². The van der Waals surface area contributed by atoms with Crippen LogP contribution in [0.25, 0.3) is 11.3 Å². The average Bonchev–Trinajstić information content (AvgIpc) is 2.86. The lowest BCUT2D eigenvalue weighted by Crippen LogP contribution is -2.30. The highest BCUT2D eigenvalue weighted by Gasteiger charge is 2.07. The average molecular weight is 332 g/mol. The van der Waals surface area contributed by atoms with Gasteiger partial charge in [0.05, 0.1) is 18.1 Å². The van der Waals surface area contributed by atoms with Gasteiger partial charge in [0.1, 0.15) is 0 Å². The van der Waals surface area contributed by atoms with Gasteiger partial charge in [-0.15, -0.1) is 12.4 Å². The molecular formula is C12H18ClN5O2S. The molecule has 0 fully saturated rings. The minimum absolute atomic E-state index is 0. The second-order valence-electron chi connectivity index (χ2n) is 4.36. The molecule has 0 atom stereocenters. The lowest BCUT2D eigenvalue weighted by Gasteiger charge is -2.06. The van der Waals surface area contributed by atoms with E-state index in [1.54, 1.807) is 18.6 Å². The van der Waals surface area contributed by atoms with E-state index in [-0.39, 0.29) is 12.4 Å². The summed E-state index contributed by atoms with van der Waals surface area (Å²) < 4.78 is 24.2. The fraction of sp³-hybridized carbons (Fsp3) is 0.333. The molecule has 3 N–H and O–H groups in total. The Bertz CT molecular complexity index is 645. The summed E-state index contributed by atoms with van der Waals surface area (Å²) in [4.78, 5) is 4.07. The standard InChI is InChI=1S/C12H17N5O2S.ClH/c1-20(18,19)16-6-5-14-8-11-9-15-17-12(11)10-3-2-4-13-7-10;/h2-4,7,9,14,16H,5-6,8H2,1H3,(H,15,17);1H. The number of sulfonamides is 1. The van der Waals surface area contributed by atoms with Gasteiger partial charge in [-0.05, 0) is 12.1 Å². The van der Waals surface area contributed by atoms with Gasteiger partial charge in [0, 0.05) is 43.2 Å². The van der Waals surface area contributed by atoms with Crippen LogP contribution in [0.3, 0.4) is 0 Å². The molecule has 0 radical (unpaired) electrons. The molecule has 2 aromatic rings. The quantitative estimate of drug-likeness (QED) is 0.643. The third kappa shape index (κ3) is 5.80. The van der Waals surface area contributed by atoms with Crippen LogP contribution in [0.2, 0.25) is 0 Å². The van der Waals surface area contributed by atoms with Crippen molar-refractivity contribution in [3.63, 3.8) is 0 Å². The van der Waals surface area contributed by atoms with Crippen LogP contribution in [0.15, 0.2) is 30.7 Å². The molecule has 2 heterocycles. The minimum atomic E-state index is -3.13. The van der Waals surface area contributed by atoms with E-state index in [1.807, 2.05) is 12.1 Å². The van der Waals surface area contributed by atoms with Crippen molar-refractivity contribution >= 4 is 22.4 Å². The van der Waals surface area contributed by atoms with Crippen molar-refractivity contribution in [1.82, 2.24) is 25.2 Å². The largest absolute Gasteiger partial charge is 0.311 e. The molecule has 0 bridgehead atoms. The molecule has 9 heteroatoms. The molecule has 21 heavy (non-hydrogen) atoms. The van der Waals surface area contributed by atoms with Crippen molar-refractivity contribution in [2.45, 2.75) is 6.54 Å². The van der Waals surface area contributed by atoms with E-state index < -0.39 is 10.0 Å². The van der Waals surface area contributed by atoms with Gasteiger partial charge in [-0.3, -0.25) is 10.1 Å². The maximum absolute atomic E-state index is 10.9. The normalized spacial score (nSPS) is 11.1. The predicted octanol–water partition coefficient (Wildman–Crippen LogP) is 0.532. The summed E-state index contributed by atoms with van der Waals surface area (Å²) in [6.07, 6.45) is 6.37. The van der Waals surface area contributed by atoms with Crippen molar-refractivity contribution in [2.24, 2.45) is 0 Å². The van der Waals surface area contributed by atoms with E-state index in [0.717, 1.165) is 23.1 Å². The van der Waals surface area contributed by atoms with Gasteiger partial charge in [-0.25, -0.2) is 13.1 Å². The first kappa shape index (κ1) is 17.6. The first-order valence-corrected chi connectivity index (χ1v) is 8.03. The summed E-state index contributed by atoms with van der Waals surface area (Å²) in [5.74, 6) is 0. The van der Waals surface area contributed by atoms with Crippen LogP contribution >= 0.6 is 12.4 Å². The Morgan fingerprint density at radius 1 is 1.29 bits per heavy atom. The number of pyridine rings is 1. The number of aromatic nitrogens is 3. The summed E-state index contributed by atoms with van der Waals surface area (Å²) in [5.41, 5.74) is 2.90. The third-order valence-corrected chi connectivity index (χ3v) is 3.38. The fourth-order valence-electron chi connectivity index (χ4n) is 1.75. The molecule has 0 aliphatic carbocycles. The molecule has 0 aromatic carbocycles. The van der Waals surface area contributed by atoms with Gasteiger partial charge >= 0.3 is 0 Å². The fourth-order valence-corrected chi connectivity index (χ4v) is 2.23. The van der Waals surface area contributed by atoms with Crippen molar-refractivity contribution in [2.75, 3.05) is 19.3 Å². The molecule has 0 amide bonds. The summed E-state index contributed by atoms with van der Waals surface area (Å²) in [7, 11) is -3.13. The zero-order chi connectivity index (χ0) is 14.4. The van der Waals surface area contributed by atoms with E-state index in [1.165, 1.54) is 0 Å². The highest BCUT2D eigenvalue weighted by atomic mass is 35.5. The molecule has 0 saturated carbocycles. The lowest BCUT2D eigenvalue weighted by atomic mass is 10.1. The molecule has 116 valence electrons. The molecule has 0 aliphatic rings. The van der Waals surface area contributed by atoms with Crippen LogP contribution in [0.1, 0.15) is 5.56 Å². The van der Waals surface area contributed by atoms with E-state index >= 15 is 0 Å². The lowest BCUT2D eigenvalue weighted by molar-refractivity contribution is 0.582. The van der Waals surface area contributed by atoms with Crippen molar-refractivity contribution < 1.29 is 8.42 Å². The van der Waals surface area contributed by atoms with Crippen molar-refractivity contribution in [3.8, 4) is 11.3 Å². The predicted molar refractivity (Wildman–Crippen MR) is 83.6 cm³/mol. The molecule has 0 unspecified atom stereocenters. The number of hydrogen-bond acceptors (Lipinski definition) is 5. The number of H-pyrrole nitrogens is 1. The first-order chi connectivity index (χ1) is 9.56. The van der Waals surface area contributed by atoms with Crippen LogP contribution in [-0.4, -0.2) is 42.9 Å². The summed E-state index contributed by atoms with van der Waals surface area (Å²) >= 11 is 0. The number of nitrogens with zero attached hydrogens (tertiary/aromatic N) is 2. The summed E-state index contributed by atoms with van der Waals surface area (Å²) in [6.45, 7) is 1.51. The van der Waals surface area contributed by atoms with Crippen LogP contribution in [-0.2, 0) is 16.6 Å². The van der Waals surface area contributed by atoms with Crippen LogP contribution < -0.4 is 10.0 Å². The minimum Gasteiger partial charge on any atom is -0.311 e. The highest BCUT2D eigenvalue weighted by molar-refractivity contribution is 7.88. The second-order valence-corrected chi connectivity index (χ2v) is 6.19. The zero-order valence-corrected chi connectivity index (χ0v) is 13.2. The molecule has 0 spiro atoms. The molecule has 0 aliphatic heterocycles. The maximum Gasteiger partial charge on any atom is 0.208 e. The molecule has 7 nitrogen and oxygen atoms in total. The molecule has 2 aromatic heterocycles. The first-order valence-electron chi connectivity index (χ1n) is 6.14. The number of hydrogen-bond donors (Lipinski definition) is 3. The topological polar surface area (TPSA) is 99.8 Å². The van der Waals surface area contributed by atoms with Gasteiger partial charge in [0.25, 0.3) is 0 Å². The van der Waals surface area contributed by atoms with Crippen LogP contribution in [0.4, 0.5) is 0 Å². The number of halogens is 1. The molecule has 0 saturated heterocycles. The molecular weight excluding hydrogens is 314 g/mol.